The quantitative estimate of drug-likeness (QED) is 0.283. The van der Waals surface area contributed by atoms with Crippen molar-refractivity contribution in [2.75, 3.05) is 13.7 Å². The molecule has 190 valence electrons. The zero-order valence-electron chi connectivity index (χ0n) is 18.8. The predicted octanol–water partition coefficient (Wildman–Crippen LogP) is 1.91. The second-order valence-electron chi connectivity index (χ2n) is 7.55. The minimum atomic E-state index is -4.14. The van der Waals surface area contributed by atoms with Crippen LogP contribution in [0.3, 0.4) is 0 Å². The Bertz CT molecular complexity index is 1220. The molecule has 0 bridgehead atoms. The van der Waals surface area contributed by atoms with E-state index >= 15 is 0 Å². The van der Waals surface area contributed by atoms with Gasteiger partial charge >= 0.3 is 19.4 Å². The highest BCUT2D eigenvalue weighted by Gasteiger charge is 2.39. The van der Waals surface area contributed by atoms with Gasteiger partial charge in [-0.15, -0.1) is 0 Å². The number of nitrogens with zero attached hydrogens (tertiary/aromatic N) is 1. The Hall–Kier alpha value is -2.54. The van der Waals surface area contributed by atoms with Crippen LogP contribution in [0.15, 0.2) is 51.1 Å². The van der Waals surface area contributed by atoms with Gasteiger partial charge in [-0.1, -0.05) is 34.1 Å². The Balaban J connectivity index is 1.75. The van der Waals surface area contributed by atoms with Crippen molar-refractivity contribution in [3.63, 3.8) is 0 Å². The molecule has 0 radical (unpaired) electrons. The SMILES string of the molecule is COC(=O)[C@H](C)NP(=O)(OCC1O[C@@H](n2cc(/C=C/Br)c(=O)[nH]c2=O)C[C@@H]1O)Oc1ccccc1. The van der Waals surface area contributed by atoms with Gasteiger partial charge in [0.15, 0.2) is 0 Å². The minimum Gasteiger partial charge on any atom is -0.468 e. The molecule has 0 aliphatic carbocycles. The van der Waals surface area contributed by atoms with Crippen molar-refractivity contribution in [1.82, 2.24) is 14.6 Å². The number of ether oxygens (including phenoxy) is 2. The van der Waals surface area contributed by atoms with Crippen LogP contribution in [-0.2, 0) is 23.4 Å². The molecular weight excluding hydrogens is 549 g/mol. The van der Waals surface area contributed by atoms with Gasteiger partial charge in [0.05, 0.1) is 25.4 Å². The third-order valence-corrected chi connectivity index (χ3v) is 6.94. The molecule has 1 aromatic carbocycles. The van der Waals surface area contributed by atoms with Gasteiger partial charge in [-0.2, -0.15) is 5.09 Å². The molecule has 1 aliphatic rings. The van der Waals surface area contributed by atoms with E-state index in [4.69, 9.17) is 13.8 Å². The number of aliphatic hydroxyl groups is 1. The van der Waals surface area contributed by atoms with Crippen molar-refractivity contribution in [1.29, 1.82) is 0 Å². The summed E-state index contributed by atoms with van der Waals surface area (Å²) in [6.07, 6.45) is -0.224. The molecule has 14 heteroatoms. The molecular formula is C21H25BrN3O9P. The lowest BCUT2D eigenvalue weighted by atomic mass is 10.2. The maximum Gasteiger partial charge on any atom is 0.459 e. The summed E-state index contributed by atoms with van der Waals surface area (Å²) in [7, 11) is -2.95. The van der Waals surface area contributed by atoms with Gasteiger partial charge < -0.3 is 19.1 Å². The molecule has 2 unspecified atom stereocenters. The van der Waals surface area contributed by atoms with Crippen LogP contribution in [0.1, 0.15) is 25.1 Å². The van der Waals surface area contributed by atoms with E-state index < -0.39 is 56.0 Å². The summed E-state index contributed by atoms with van der Waals surface area (Å²) in [5.41, 5.74) is -1.10. The monoisotopic (exact) mass is 573 g/mol. The fourth-order valence-electron chi connectivity index (χ4n) is 3.29. The van der Waals surface area contributed by atoms with Crippen LogP contribution in [0.25, 0.3) is 6.08 Å². The van der Waals surface area contributed by atoms with E-state index in [1.54, 1.807) is 30.3 Å². The number of carbonyl (C=O) groups is 1. The summed E-state index contributed by atoms with van der Waals surface area (Å²) in [4.78, 5) is 39.7. The number of halogens is 1. The number of nitrogens with one attached hydrogen (secondary N) is 2. The Morgan fingerprint density at radius 1 is 1.40 bits per heavy atom. The predicted molar refractivity (Wildman–Crippen MR) is 129 cm³/mol. The van der Waals surface area contributed by atoms with Gasteiger partial charge in [0.25, 0.3) is 5.56 Å². The highest BCUT2D eigenvalue weighted by Crippen LogP contribution is 2.45. The molecule has 2 aromatic rings. The summed E-state index contributed by atoms with van der Waals surface area (Å²) in [5, 5.41) is 13.0. The van der Waals surface area contributed by atoms with E-state index in [9.17, 15) is 24.1 Å². The van der Waals surface area contributed by atoms with E-state index in [0.29, 0.717) is 0 Å². The van der Waals surface area contributed by atoms with Crippen LogP contribution in [0.5, 0.6) is 5.75 Å². The van der Waals surface area contributed by atoms with Crippen molar-refractivity contribution in [2.45, 2.75) is 37.8 Å². The van der Waals surface area contributed by atoms with Gasteiger partial charge in [0, 0.05) is 12.6 Å². The minimum absolute atomic E-state index is 0.00722. The van der Waals surface area contributed by atoms with Gasteiger partial charge in [0.2, 0.25) is 0 Å². The molecule has 35 heavy (non-hydrogen) atoms. The van der Waals surface area contributed by atoms with Crippen molar-refractivity contribution in [2.24, 2.45) is 0 Å². The molecule has 1 saturated heterocycles. The van der Waals surface area contributed by atoms with Crippen LogP contribution in [0, 0.1) is 0 Å². The van der Waals surface area contributed by atoms with Crippen molar-refractivity contribution in [3.05, 3.63) is 67.9 Å². The van der Waals surface area contributed by atoms with E-state index in [1.165, 1.54) is 31.3 Å². The van der Waals surface area contributed by atoms with Crippen LogP contribution in [0.2, 0.25) is 0 Å². The molecule has 12 nitrogen and oxygen atoms in total. The average molecular weight is 574 g/mol. The molecule has 0 amide bonds. The first kappa shape index (κ1) is 27.1. The second kappa shape index (κ2) is 11.9. The van der Waals surface area contributed by atoms with Crippen LogP contribution >= 0.6 is 23.7 Å². The number of benzene rings is 1. The fraction of sp³-hybridized carbons (Fsp3) is 0.381. The zero-order chi connectivity index (χ0) is 25.6. The normalized spacial score (nSPS) is 22.6. The van der Waals surface area contributed by atoms with Gasteiger partial charge in [-0.05, 0) is 30.1 Å². The number of hydrogen-bond acceptors (Lipinski definition) is 9. The van der Waals surface area contributed by atoms with Gasteiger partial charge in [0.1, 0.15) is 24.1 Å². The lowest BCUT2D eigenvalue weighted by Gasteiger charge is -2.24. The Kier molecular flexibility index (Phi) is 9.22. The van der Waals surface area contributed by atoms with Crippen LogP contribution in [-0.4, -0.2) is 52.6 Å². The lowest BCUT2D eigenvalue weighted by Crippen LogP contribution is -2.36. The first-order valence-corrected chi connectivity index (χ1v) is 12.9. The van der Waals surface area contributed by atoms with Crippen molar-refractivity contribution < 1.29 is 33.0 Å². The first-order chi connectivity index (χ1) is 16.7. The number of carbonyl (C=O) groups excluding carboxylic acids is 1. The van der Waals surface area contributed by atoms with Crippen molar-refractivity contribution in [3.8, 4) is 5.75 Å². The topological polar surface area (TPSA) is 158 Å². The number of aliphatic hydroxyl groups excluding tert-OH is 1. The van der Waals surface area contributed by atoms with E-state index in [-0.39, 0.29) is 17.7 Å². The van der Waals surface area contributed by atoms with E-state index in [0.717, 1.165) is 4.57 Å². The third-order valence-electron chi connectivity index (χ3n) is 5.04. The number of para-hydroxylation sites is 1. The van der Waals surface area contributed by atoms with Gasteiger partial charge in [-0.3, -0.25) is 23.7 Å². The fourth-order valence-corrected chi connectivity index (χ4v) is 5.07. The largest absolute Gasteiger partial charge is 0.468 e. The van der Waals surface area contributed by atoms with E-state index in [1.807, 2.05) is 0 Å². The summed E-state index contributed by atoms with van der Waals surface area (Å²) in [5.74, 6) is -0.466. The number of H-pyrrole nitrogens is 1. The highest BCUT2D eigenvalue weighted by atomic mass is 79.9. The maximum atomic E-state index is 13.4. The average Bonchev–Trinajstić information content (AvgIpc) is 3.19. The summed E-state index contributed by atoms with van der Waals surface area (Å²) >= 11 is 3.08. The molecule has 1 aromatic heterocycles. The van der Waals surface area contributed by atoms with Crippen LogP contribution < -0.4 is 20.9 Å². The number of hydrogen-bond donors (Lipinski definition) is 3. The molecule has 5 atom stereocenters. The number of aromatic amines is 1. The summed E-state index contributed by atoms with van der Waals surface area (Å²) in [6.45, 7) is 1.03. The molecule has 1 fully saturated rings. The molecule has 2 heterocycles. The molecule has 0 saturated carbocycles. The first-order valence-electron chi connectivity index (χ1n) is 10.5. The second-order valence-corrected chi connectivity index (χ2v) is 9.77. The number of aromatic nitrogens is 2. The molecule has 3 N–H and O–H groups in total. The Morgan fingerprint density at radius 2 is 2.11 bits per heavy atom. The van der Waals surface area contributed by atoms with Crippen molar-refractivity contribution >= 4 is 35.7 Å². The number of rotatable bonds is 10. The Labute approximate surface area is 208 Å². The van der Waals surface area contributed by atoms with Crippen LogP contribution in [0.4, 0.5) is 0 Å². The summed E-state index contributed by atoms with van der Waals surface area (Å²) < 4.78 is 36.0. The number of methoxy groups -OCH3 is 1. The smallest absolute Gasteiger partial charge is 0.459 e. The van der Waals surface area contributed by atoms with E-state index in [2.05, 4.69) is 30.7 Å². The molecule has 0 spiro atoms. The third kappa shape index (κ3) is 7.00. The Morgan fingerprint density at radius 3 is 2.77 bits per heavy atom. The summed E-state index contributed by atoms with van der Waals surface area (Å²) in [6, 6.07) is 7.15. The highest BCUT2D eigenvalue weighted by molar-refractivity contribution is 9.11. The maximum absolute atomic E-state index is 13.4. The zero-order valence-corrected chi connectivity index (χ0v) is 21.3. The van der Waals surface area contributed by atoms with Gasteiger partial charge in [-0.25, -0.2) is 9.36 Å². The standard InChI is InChI=1S/C21H25BrN3O9P/c1-13(20(28)31-2)24-35(30,34-15-6-4-3-5-7-15)32-12-17-16(26)10-18(33-17)25-11-14(8-9-22)19(27)23-21(25)29/h3-9,11,13,16-18,26H,10,12H2,1-2H3,(H,24,30)(H,23,27,29)/b9-8+/t13-,16-,17?,18+,35?/m0/s1. The number of esters is 1. The molecule has 1 aliphatic heterocycles. The lowest BCUT2D eigenvalue weighted by molar-refractivity contribution is -0.142. The molecule has 3 rings (SSSR count).